The van der Waals surface area contributed by atoms with Crippen LogP contribution in [-0.2, 0) is 0 Å². The second-order valence-electron chi connectivity index (χ2n) is 4.39. The van der Waals surface area contributed by atoms with Gasteiger partial charge in [-0.2, -0.15) is 0 Å². The Labute approximate surface area is 102 Å². The van der Waals surface area contributed by atoms with Gasteiger partial charge in [-0.25, -0.2) is 0 Å². The molecule has 1 saturated heterocycles. The number of benzene rings is 1. The first kappa shape index (κ1) is 11.4. The van der Waals surface area contributed by atoms with Crippen molar-refractivity contribution in [1.82, 2.24) is 4.90 Å². The van der Waals surface area contributed by atoms with Gasteiger partial charge in [0.05, 0.1) is 18.7 Å². The number of nitrogen functional groups attached to an aromatic ring is 1. The van der Waals surface area contributed by atoms with Crippen LogP contribution in [0.4, 0.5) is 5.69 Å². The van der Waals surface area contributed by atoms with E-state index in [4.69, 9.17) is 5.73 Å². The van der Waals surface area contributed by atoms with Crippen molar-refractivity contribution in [3.63, 3.8) is 0 Å². The van der Waals surface area contributed by atoms with Gasteiger partial charge >= 0.3 is 0 Å². The minimum atomic E-state index is -0.740. The lowest BCUT2D eigenvalue weighted by atomic mass is 9.96. The standard InChI is InChI=1S/C11H13BrN2O2/c1-11(16)5-14(6-11)10(15)7-2-3-8(12)9(13)4-7/h2-4,16H,5-6,13H2,1H3. The summed E-state index contributed by atoms with van der Waals surface area (Å²) in [6.07, 6.45) is 0. The largest absolute Gasteiger partial charge is 0.398 e. The minimum Gasteiger partial charge on any atom is -0.398 e. The highest BCUT2D eigenvalue weighted by atomic mass is 79.9. The molecule has 0 aromatic heterocycles. The van der Waals surface area contributed by atoms with Crippen LogP contribution in [0.1, 0.15) is 17.3 Å². The highest BCUT2D eigenvalue weighted by Gasteiger charge is 2.39. The SMILES string of the molecule is CC1(O)CN(C(=O)c2ccc(Br)c(N)c2)C1. The summed E-state index contributed by atoms with van der Waals surface area (Å²) in [6.45, 7) is 2.47. The van der Waals surface area contributed by atoms with Crippen LogP contribution in [0.2, 0.25) is 0 Å². The van der Waals surface area contributed by atoms with Crippen LogP contribution >= 0.6 is 15.9 Å². The van der Waals surface area contributed by atoms with Gasteiger partial charge in [-0.1, -0.05) is 0 Å². The molecule has 0 atom stereocenters. The molecule has 1 fully saturated rings. The summed E-state index contributed by atoms with van der Waals surface area (Å²) < 4.78 is 0.777. The third-order valence-corrected chi connectivity index (χ3v) is 3.32. The number of aliphatic hydroxyl groups is 1. The number of rotatable bonds is 1. The van der Waals surface area contributed by atoms with E-state index < -0.39 is 5.60 Å². The van der Waals surface area contributed by atoms with Gasteiger partial charge in [-0.15, -0.1) is 0 Å². The van der Waals surface area contributed by atoms with Crippen molar-refractivity contribution in [2.45, 2.75) is 12.5 Å². The number of hydrogen-bond acceptors (Lipinski definition) is 3. The number of carbonyl (C=O) groups is 1. The number of hydrogen-bond donors (Lipinski definition) is 2. The van der Waals surface area contributed by atoms with E-state index in [1.165, 1.54) is 0 Å². The van der Waals surface area contributed by atoms with Crippen LogP contribution in [0.5, 0.6) is 0 Å². The molecule has 0 saturated carbocycles. The van der Waals surface area contributed by atoms with Gasteiger partial charge in [0.2, 0.25) is 0 Å². The van der Waals surface area contributed by atoms with Gasteiger partial charge in [0.25, 0.3) is 5.91 Å². The summed E-state index contributed by atoms with van der Waals surface area (Å²) in [5.41, 5.74) is 6.06. The van der Waals surface area contributed by atoms with E-state index in [-0.39, 0.29) is 5.91 Å². The number of β-amino-alcohol motifs (C(OH)–C–C–N with tert-alkyl or cyclic N) is 1. The predicted molar refractivity (Wildman–Crippen MR) is 65.1 cm³/mol. The highest BCUT2D eigenvalue weighted by molar-refractivity contribution is 9.10. The summed E-state index contributed by atoms with van der Waals surface area (Å²) in [4.78, 5) is 13.5. The first-order valence-corrected chi connectivity index (χ1v) is 5.75. The smallest absolute Gasteiger partial charge is 0.254 e. The van der Waals surface area contributed by atoms with Crippen LogP contribution in [0, 0.1) is 0 Å². The fraction of sp³-hybridized carbons (Fsp3) is 0.364. The maximum Gasteiger partial charge on any atom is 0.254 e. The van der Waals surface area contributed by atoms with Crippen molar-refractivity contribution in [2.75, 3.05) is 18.8 Å². The third-order valence-electron chi connectivity index (χ3n) is 2.59. The molecule has 0 unspecified atom stereocenters. The van der Waals surface area contributed by atoms with Crippen LogP contribution in [0.25, 0.3) is 0 Å². The number of nitrogens with two attached hydrogens (primary N) is 1. The molecule has 1 amide bonds. The van der Waals surface area contributed by atoms with E-state index in [1.807, 2.05) is 0 Å². The molecule has 0 spiro atoms. The Bertz CT molecular complexity index is 438. The van der Waals surface area contributed by atoms with E-state index in [1.54, 1.807) is 30.0 Å². The van der Waals surface area contributed by atoms with Crippen LogP contribution < -0.4 is 5.73 Å². The normalized spacial score (nSPS) is 18.1. The van der Waals surface area contributed by atoms with Crippen molar-refractivity contribution in [2.24, 2.45) is 0 Å². The number of carbonyl (C=O) groups excluding carboxylic acids is 1. The molecular weight excluding hydrogens is 272 g/mol. The molecule has 16 heavy (non-hydrogen) atoms. The highest BCUT2D eigenvalue weighted by Crippen LogP contribution is 2.25. The maximum absolute atomic E-state index is 11.9. The van der Waals surface area contributed by atoms with Gasteiger partial charge in [-0.05, 0) is 41.1 Å². The zero-order valence-electron chi connectivity index (χ0n) is 8.90. The average molecular weight is 285 g/mol. The van der Waals surface area contributed by atoms with Gasteiger partial charge in [0.1, 0.15) is 0 Å². The topological polar surface area (TPSA) is 66.6 Å². The van der Waals surface area contributed by atoms with E-state index in [9.17, 15) is 9.90 Å². The van der Waals surface area contributed by atoms with Gasteiger partial charge in [-0.3, -0.25) is 4.79 Å². The first-order valence-electron chi connectivity index (χ1n) is 4.96. The minimum absolute atomic E-state index is 0.0919. The number of nitrogens with zero attached hydrogens (tertiary/aromatic N) is 1. The van der Waals surface area contributed by atoms with Crippen molar-refractivity contribution < 1.29 is 9.90 Å². The zero-order chi connectivity index (χ0) is 11.9. The Hall–Kier alpha value is -1.07. The van der Waals surface area contributed by atoms with Crippen LogP contribution in [-0.4, -0.2) is 34.6 Å². The molecule has 0 bridgehead atoms. The first-order chi connectivity index (χ1) is 7.39. The van der Waals surface area contributed by atoms with Crippen LogP contribution in [0.3, 0.4) is 0 Å². The lowest BCUT2D eigenvalue weighted by molar-refractivity contribution is -0.0668. The van der Waals surface area contributed by atoms with E-state index in [2.05, 4.69) is 15.9 Å². The van der Waals surface area contributed by atoms with Crippen molar-refractivity contribution in [3.05, 3.63) is 28.2 Å². The predicted octanol–water partition coefficient (Wildman–Crippen LogP) is 1.24. The molecule has 86 valence electrons. The summed E-state index contributed by atoms with van der Waals surface area (Å²) >= 11 is 3.27. The molecule has 5 heteroatoms. The lowest BCUT2D eigenvalue weighted by Crippen LogP contribution is -2.61. The van der Waals surface area contributed by atoms with Gasteiger partial charge in [0, 0.05) is 15.7 Å². The summed E-state index contributed by atoms with van der Waals surface area (Å²) in [6, 6.07) is 5.11. The summed E-state index contributed by atoms with van der Waals surface area (Å²) in [5.74, 6) is -0.0919. The number of halogens is 1. The van der Waals surface area contributed by atoms with E-state index in [0.717, 1.165) is 4.47 Å². The Morgan fingerprint density at radius 2 is 2.19 bits per heavy atom. The molecular formula is C11H13BrN2O2. The molecule has 3 N–H and O–H groups in total. The molecule has 1 heterocycles. The second kappa shape index (κ2) is 3.75. The molecule has 1 aliphatic heterocycles. The molecule has 0 aliphatic carbocycles. The molecule has 4 nitrogen and oxygen atoms in total. The van der Waals surface area contributed by atoms with Crippen molar-refractivity contribution in [1.29, 1.82) is 0 Å². The lowest BCUT2D eigenvalue weighted by Gasteiger charge is -2.44. The zero-order valence-corrected chi connectivity index (χ0v) is 10.5. The Balaban J connectivity index is 2.13. The summed E-state index contributed by atoms with van der Waals surface area (Å²) in [7, 11) is 0. The summed E-state index contributed by atoms with van der Waals surface area (Å²) in [5, 5.41) is 9.55. The fourth-order valence-corrected chi connectivity index (χ4v) is 2.03. The number of anilines is 1. The Morgan fingerprint density at radius 3 is 2.69 bits per heavy atom. The number of likely N-dealkylation sites (tertiary alicyclic amines) is 1. The van der Waals surface area contributed by atoms with Gasteiger partial charge in [0.15, 0.2) is 0 Å². The Morgan fingerprint density at radius 1 is 1.56 bits per heavy atom. The Kier molecular flexibility index (Phi) is 2.67. The third kappa shape index (κ3) is 2.05. The molecule has 2 rings (SSSR count). The molecule has 1 aliphatic rings. The fourth-order valence-electron chi connectivity index (χ4n) is 1.78. The van der Waals surface area contributed by atoms with Crippen molar-refractivity contribution >= 4 is 27.5 Å². The quantitative estimate of drug-likeness (QED) is 0.763. The van der Waals surface area contributed by atoms with Crippen molar-refractivity contribution in [3.8, 4) is 0 Å². The van der Waals surface area contributed by atoms with E-state index >= 15 is 0 Å². The monoisotopic (exact) mass is 284 g/mol. The van der Waals surface area contributed by atoms with Crippen LogP contribution in [0.15, 0.2) is 22.7 Å². The van der Waals surface area contributed by atoms with Gasteiger partial charge < -0.3 is 15.7 Å². The molecule has 1 aromatic rings. The molecule has 1 aromatic carbocycles. The second-order valence-corrected chi connectivity index (χ2v) is 5.25. The molecule has 0 radical (unpaired) electrons. The average Bonchev–Trinajstić information content (AvgIpc) is 2.17. The van der Waals surface area contributed by atoms with E-state index in [0.29, 0.717) is 24.3 Å². The number of amides is 1. The maximum atomic E-state index is 11.9.